The van der Waals surface area contributed by atoms with Gasteiger partial charge in [-0.3, -0.25) is 4.79 Å². The van der Waals surface area contributed by atoms with Crippen LogP contribution in [0.2, 0.25) is 0 Å². The largest absolute Gasteiger partial charge is 0.480 e. The number of amides is 1. The van der Waals surface area contributed by atoms with E-state index in [-0.39, 0.29) is 12.5 Å². The van der Waals surface area contributed by atoms with E-state index in [4.69, 9.17) is 10.2 Å². The third-order valence-corrected chi connectivity index (χ3v) is 3.26. The van der Waals surface area contributed by atoms with Gasteiger partial charge in [-0.2, -0.15) is 0 Å². The van der Waals surface area contributed by atoms with E-state index in [0.29, 0.717) is 12.5 Å². The maximum absolute atomic E-state index is 11.0. The lowest BCUT2D eigenvalue weighted by atomic mass is 9.95. The average molecular weight is 258 g/mol. The molecule has 0 aromatic rings. The zero-order valence-corrected chi connectivity index (χ0v) is 10.8. The molecule has 0 saturated carbocycles. The van der Waals surface area contributed by atoms with Gasteiger partial charge in [0.1, 0.15) is 6.04 Å². The van der Waals surface area contributed by atoms with Crippen LogP contribution in [-0.2, 0) is 9.59 Å². The Bertz CT molecular complexity index is 294. The number of aliphatic hydroxyl groups excluding tert-OH is 1. The summed E-state index contributed by atoms with van der Waals surface area (Å²) in [6, 6.07) is -0.852. The molecule has 0 aliphatic carbocycles. The number of carboxylic acids is 1. The molecule has 2 unspecified atom stereocenters. The highest BCUT2D eigenvalue weighted by atomic mass is 16.4. The van der Waals surface area contributed by atoms with Crippen LogP contribution in [0, 0.1) is 5.92 Å². The van der Waals surface area contributed by atoms with Crippen LogP contribution in [0.1, 0.15) is 26.2 Å². The Morgan fingerprint density at radius 1 is 1.50 bits per heavy atom. The Labute approximate surface area is 107 Å². The van der Waals surface area contributed by atoms with Gasteiger partial charge in [-0.15, -0.1) is 0 Å². The van der Waals surface area contributed by atoms with Gasteiger partial charge in [0, 0.05) is 26.6 Å². The second-order valence-electron chi connectivity index (χ2n) is 4.87. The molecule has 1 fully saturated rings. The quantitative estimate of drug-likeness (QED) is 0.607. The van der Waals surface area contributed by atoms with E-state index in [1.807, 2.05) is 0 Å². The first kappa shape index (κ1) is 14.9. The minimum atomic E-state index is -1.01. The lowest BCUT2D eigenvalue weighted by Crippen LogP contribution is -2.50. The SMILES string of the molecule is CC(=O)NC(CN1CCCC(CCO)C1)C(=O)O. The van der Waals surface area contributed by atoms with Crippen LogP contribution >= 0.6 is 0 Å². The Balaban J connectivity index is 2.47. The summed E-state index contributed by atoms with van der Waals surface area (Å²) in [4.78, 5) is 24.0. The van der Waals surface area contributed by atoms with Crippen molar-refractivity contribution in [1.29, 1.82) is 0 Å². The van der Waals surface area contributed by atoms with Crippen molar-refractivity contribution < 1.29 is 19.8 Å². The number of carbonyl (C=O) groups excluding carboxylic acids is 1. The summed E-state index contributed by atoms with van der Waals surface area (Å²) in [5, 5.41) is 20.4. The van der Waals surface area contributed by atoms with Crippen LogP contribution in [-0.4, -0.2) is 59.3 Å². The van der Waals surface area contributed by atoms with Crippen LogP contribution in [0.3, 0.4) is 0 Å². The van der Waals surface area contributed by atoms with Crippen LogP contribution in [0.4, 0.5) is 0 Å². The molecule has 0 spiro atoms. The highest BCUT2D eigenvalue weighted by molar-refractivity contribution is 5.82. The molecule has 0 aromatic heterocycles. The Morgan fingerprint density at radius 2 is 2.22 bits per heavy atom. The zero-order chi connectivity index (χ0) is 13.5. The third kappa shape index (κ3) is 5.01. The number of piperidine rings is 1. The van der Waals surface area contributed by atoms with Gasteiger partial charge in [0.2, 0.25) is 5.91 Å². The Hall–Kier alpha value is -1.14. The fourth-order valence-corrected chi connectivity index (χ4v) is 2.42. The predicted octanol–water partition coefficient (Wildman–Crippen LogP) is -0.330. The maximum Gasteiger partial charge on any atom is 0.327 e. The van der Waals surface area contributed by atoms with Gasteiger partial charge < -0.3 is 20.4 Å². The smallest absolute Gasteiger partial charge is 0.327 e. The second kappa shape index (κ2) is 7.33. The minimum Gasteiger partial charge on any atom is -0.480 e. The topological polar surface area (TPSA) is 89.9 Å². The zero-order valence-electron chi connectivity index (χ0n) is 10.8. The van der Waals surface area contributed by atoms with Gasteiger partial charge in [-0.25, -0.2) is 4.79 Å². The van der Waals surface area contributed by atoms with Gasteiger partial charge >= 0.3 is 5.97 Å². The summed E-state index contributed by atoms with van der Waals surface area (Å²) in [6.45, 7) is 3.47. The predicted molar refractivity (Wildman–Crippen MR) is 66.1 cm³/mol. The summed E-state index contributed by atoms with van der Waals surface area (Å²) in [6.07, 6.45) is 2.85. The van der Waals surface area contributed by atoms with E-state index < -0.39 is 12.0 Å². The average Bonchev–Trinajstić information content (AvgIpc) is 2.28. The number of nitrogens with zero attached hydrogens (tertiary/aromatic N) is 1. The summed E-state index contributed by atoms with van der Waals surface area (Å²) in [5.74, 6) is -0.906. The fraction of sp³-hybridized carbons (Fsp3) is 0.833. The molecule has 0 aromatic carbocycles. The number of rotatable bonds is 6. The molecule has 2 atom stereocenters. The highest BCUT2D eigenvalue weighted by Crippen LogP contribution is 2.19. The van der Waals surface area contributed by atoms with Gasteiger partial charge in [-0.1, -0.05) is 0 Å². The van der Waals surface area contributed by atoms with E-state index in [1.54, 1.807) is 0 Å². The highest BCUT2D eigenvalue weighted by Gasteiger charge is 2.25. The molecule has 1 amide bonds. The fourth-order valence-electron chi connectivity index (χ4n) is 2.42. The van der Waals surface area contributed by atoms with E-state index in [9.17, 15) is 9.59 Å². The monoisotopic (exact) mass is 258 g/mol. The lowest BCUT2D eigenvalue weighted by molar-refractivity contribution is -0.142. The number of hydrogen-bond donors (Lipinski definition) is 3. The summed E-state index contributed by atoms with van der Waals surface area (Å²) < 4.78 is 0. The number of carbonyl (C=O) groups is 2. The van der Waals surface area contributed by atoms with Crippen molar-refractivity contribution in [2.45, 2.75) is 32.2 Å². The van der Waals surface area contributed by atoms with E-state index in [0.717, 1.165) is 32.4 Å². The second-order valence-corrected chi connectivity index (χ2v) is 4.87. The molecule has 0 radical (unpaired) electrons. The number of likely N-dealkylation sites (tertiary alicyclic amines) is 1. The molecule has 3 N–H and O–H groups in total. The molecule has 1 rings (SSSR count). The number of nitrogens with one attached hydrogen (secondary N) is 1. The van der Waals surface area contributed by atoms with Crippen molar-refractivity contribution in [3.8, 4) is 0 Å². The molecule has 104 valence electrons. The van der Waals surface area contributed by atoms with Crippen molar-refractivity contribution in [2.75, 3.05) is 26.2 Å². The van der Waals surface area contributed by atoms with Crippen LogP contribution in [0.5, 0.6) is 0 Å². The molecule has 0 bridgehead atoms. The number of aliphatic carboxylic acids is 1. The standard InChI is InChI=1S/C12H22N2O4/c1-9(16)13-11(12(17)18)8-14-5-2-3-10(7-14)4-6-15/h10-11,15H,2-8H2,1H3,(H,13,16)(H,17,18). The molecule has 1 aliphatic heterocycles. The van der Waals surface area contributed by atoms with Crippen molar-refractivity contribution in [2.24, 2.45) is 5.92 Å². The number of carboxylic acid groups (broad SMARTS) is 1. The molecular formula is C12H22N2O4. The first-order chi connectivity index (χ1) is 8.52. The van der Waals surface area contributed by atoms with Crippen molar-refractivity contribution in [3.63, 3.8) is 0 Å². The summed E-state index contributed by atoms with van der Waals surface area (Å²) >= 11 is 0. The van der Waals surface area contributed by atoms with E-state index >= 15 is 0 Å². The molecule has 1 heterocycles. The van der Waals surface area contributed by atoms with Gasteiger partial charge in [0.15, 0.2) is 0 Å². The number of hydrogen-bond acceptors (Lipinski definition) is 4. The summed E-state index contributed by atoms with van der Waals surface area (Å²) in [5.41, 5.74) is 0. The minimum absolute atomic E-state index is 0.173. The van der Waals surface area contributed by atoms with E-state index in [1.165, 1.54) is 6.92 Å². The molecule has 1 aliphatic rings. The number of aliphatic hydroxyl groups is 1. The molecule has 18 heavy (non-hydrogen) atoms. The lowest BCUT2D eigenvalue weighted by Gasteiger charge is -2.34. The van der Waals surface area contributed by atoms with Crippen molar-refractivity contribution in [3.05, 3.63) is 0 Å². The van der Waals surface area contributed by atoms with Crippen LogP contribution in [0.15, 0.2) is 0 Å². The van der Waals surface area contributed by atoms with Gasteiger partial charge in [-0.05, 0) is 31.7 Å². The first-order valence-electron chi connectivity index (χ1n) is 6.36. The first-order valence-corrected chi connectivity index (χ1v) is 6.36. The van der Waals surface area contributed by atoms with Crippen molar-refractivity contribution in [1.82, 2.24) is 10.2 Å². The van der Waals surface area contributed by atoms with Crippen molar-refractivity contribution >= 4 is 11.9 Å². The molecular weight excluding hydrogens is 236 g/mol. The molecule has 6 heteroatoms. The summed E-state index contributed by atoms with van der Waals surface area (Å²) in [7, 11) is 0. The van der Waals surface area contributed by atoms with Crippen LogP contribution in [0.25, 0.3) is 0 Å². The normalized spacial score (nSPS) is 22.4. The van der Waals surface area contributed by atoms with Crippen LogP contribution < -0.4 is 5.32 Å². The Morgan fingerprint density at radius 3 is 2.78 bits per heavy atom. The molecule has 1 saturated heterocycles. The third-order valence-electron chi connectivity index (χ3n) is 3.26. The maximum atomic E-state index is 11.0. The van der Waals surface area contributed by atoms with E-state index in [2.05, 4.69) is 10.2 Å². The molecule has 6 nitrogen and oxygen atoms in total. The van der Waals surface area contributed by atoms with Gasteiger partial charge in [0.05, 0.1) is 0 Å². The van der Waals surface area contributed by atoms with Gasteiger partial charge in [0.25, 0.3) is 0 Å². The Kier molecular flexibility index (Phi) is 6.07.